The molecule has 124 valence electrons. The lowest BCUT2D eigenvalue weighted by Gasteiger charge is -1.99. The van der Waals surface area contributed by atoms with Gasteiger partial charge in [-0.3, -0.25) is 0 Å². The third kappa shape index (κ3) is 3.23. The fourth-order valence-electron chi connectivity index (χ4n) is 2.63. The molecule has 4 aromatic rings. The molecular weight excluding hydrogens is 495 g/mol. The van der Waals surface area contributed by atoms with Gasteiger partial charge in [-0.25, -0.2) is 5.43 Å². The topological polar surface area (TPSA) is 68.0 Å². The number of hydrogen-bond donors (Lipinski definition) is 1. The molecule has 6 nitrogen and oxygen atoms in total. The fourth-order valence-corrected chi connectivity index (χ4v) is 3.56. The normalized spacial score (nSPS) is 11.6. The number of aryl methyl sites for hydroxylation is 1. The van der Waals surface area contributed by atoms with E-state index in [0.29, 0.717) is 5.95 Å². The molecule has 0 aliphatic heterocycles. The third-order valence-electron chi connectivity index (χ3n) is 3.79. The third-order valence-corrected chi connectivity index (χ3v) is 4.95. The van der Waals surface area contributed by atoms with Gasteiger partial charge in [-0.15, -0.1) is 10.2 Å². The van der Waals surface area contributed by atoms with Crippen LogP contribution in [-0.4, -0.2) is 26.0 Å². The molecule has 0 atom stereocenters. The summed E-state index contributed by atoms with van der Waals surface area (Å²) in [4.78, 5) is 4.54. The van der Waals surface area contributed by atoms with Gasteiger partial charge in [0.15, 0.2) is 5.65 Å². The van der Waals surface area contributed by atoms with Crippen LogP contribution >= 0.6 is 38.5 Å². The van der Waals surface area contributed by atoms with Crippen LogP contribution in [0.3, 0.4) is 0 Å². The summed E-state index contributed by atoms with van der Waals surface area (Å²) in [7, 11) is 1.96. The van der Waals surface area contributed by atoms with Gasteiger partial charge in [-0.05, 0) is 58.5 Å². The summed E-state index contributed by atoms with van der Waals surface area (Å²) in [5.74, 6) is 0.361. The maximum Gasteiger partial charge on any atom is 0.265 e. The van der Waals surface area contributed by atoms with Crippen LogP contribution in [0.1, 0.15) is 5.56 Å². The van der Waals surface area contributed by atoms with E-state index in [-0.39, 0.29) is 0 Å². The van der Waals surface area contributed by atoms with Crippen LogP contribution < -0.4 is 5.43 Å². The van der Waals surface area contributed by atoms with E-state index in [1.807, 2.05) is 54.1 Å². The van der Waals surface area contributed by atoms with Gasteiger partial charge in [0.1, 0.15) is 5.52 Å². The maximum atomic E-state index is 4.54. The number of benzene rings is 2. The number of nitrogens with one attached hydrogen (secondary N) is 1. The van der Waals surface area contributed by atoms with Gasteiger partial charge in [0.05, 0.1) is 11.7 Å². The summed E-state index contributed by atoms with van der Waals surface area (Å²) in [6.07, 6.45) is 1.73. The molecule has 8 heteroatoms. The van der Waals surface area contributed by atoms with E-state index in [0.717, 1.165) is 35.7 Å². The van der Waals surface area contributed by atoms with E-state index >= 15 is 0 Å². The van der Waals surface area contributed by atoms with Crippen molar-refractivity contribution < 1.29 is 0 Å². The number of halogens is 2. The smallest absolute Gasteiger partial charge is 0.265 e. The summed E-state index contributed by atoms with van der Waals surface area (Å²) in [5, 5.41) is 13.7. The Morgan fingerprint density at radius 2 is 2.08 bits per heavy atom. The van der Waals surface area contributed by atoms with Gasteiger partial charge < -0.3 is 4.57 Å². The van der Waals surface area contributed by atoms with E-state index in [4.69, 9.17) is 0 Å². The summed E-state index contributed by atoms with van der Waals surface area (Å²) < 4.78 is 4.15. The fraction of sp³-hybridized carbons (Fsp3) is 0.0588. The highest BCUT2D eigenvalue weighted by Gasteiger charge is 2.12. The molecular formula is C17H12BrIN6. The van der Waals surface area contributed by atoms with E-state index in [1.54, 1.807) is 6.21 Å². The van der Waals surface area contributed by atoms with Crippen LogP contribution in [0, 0.1) is 3.57 Å². The Kier molecular flexibility index (Phi) is 4.38. The molecule has 0 radical (unpaired) electrons. The molecule has 2 aromatic carbocycles. The van der Waals surface area contributed by atoms with Crippen LogP contribution in [0.5, 0.6) is 0 Å². The van der Waals surface area contributed by atoms with Crippen molar-refractivity contribution in [2.75, 3.05) is 5.43 Å². The minimum atomic E-state index is 0.361. The average Bonchev–Trinajstić information content (AvgIpc) is 2.87. The van der Waals surface area contributed by atoms with Crippen LogP contribution in [0.25, 0.3) is 22.1 Å². The van der Waals surface area contributed by atoms with Crippen molar-refractivity contribution in [2.24, 2.45) is 12.1 Å². The highest BCUT2D eigenvalue weighted by atomic mass is 127. The first-order valence-electron chi connectivity index (χ1n) is 7.45. The van der Waals surface area contributed by atoms with E-state index in [2.05, 4.69) is 64.2 Å². The Bertz CT molecular complexity index is 1120. The first kappa shape index (κ1) is 16.4. The highest BCUT2D eigenvalue weighted by molar-refractivity contribution is 14.1. The lowest BCUT2D eigenvalue weighted by atomic mass is 10.2. The molecule has 0 aliphatic rings. The first-order valence-corrected chi connectivity index (χ1v) is 9.32. The summed E-state index contributed by atoms with van der Waals surface area (Å²) in [6, 6.07) is 14.1. The van der Waals surface area contributed by atoms with Gasteiger partial charge in [0, 0.05) is 20.5 Å². The van der Waals surface area contributed by atoms with Gasteiger partial charge in [0.2, 0.25) is 0 Å². The molecule has 0 unspecified atom stereocenters. The molecule has 0 bridgehead atoms. The highest BCUT2D eigenvalue weighted by Crippen LogP contribution is 2.27. The monoisotopic (exact) mass is 506 g/mol. The number of hydrogen-bond acceptors (Lipinski definition) is 5. The van der Waals surface area contributed by atoms with E-state index in [1.165, 1.54) is 0 Å². The van der Waals surface area contributed by atoms with Gasteiger partial charge in [0.25, 0.3) is 5.95 Å². The van der Waals surface area contributed by atoms with Crippen molar-refractivity contribution in [2.45, 2.75) is 0 Å². The quantitative estimate of drug-likeness (QED) is 0.255. The maximum absolute atomic E-state index is 4.54. The molecule has 0 amide bonds. The Morgan fingerprint density at radius 3 is 2.92 bits per heavy atom. The molecule has 0 saturated heterocycles. The van der Waals surface area contributed by atoms with Crippen molar-refractivity contribution in [3.63, 3.8) is 0 Å². The zero-order valence-corrected chi connectivity index (χ0v) is 16.9. The summed E-state index contributed by atoms with van der Waals surface area (Å²) in [6.45, 7) is 0. The zero-order chi connectivity index (χ0) is 17.4. The Hall–Kier alpha value is -2.07. The minimum absolute atomic E-state index is 0.361. The van der Waals surface area contributed by atoms with Crippen molar-refractivity contribution in [3.05, 3.63) is 56.1 Å². The van der Waals surface area contributed by atoms with Gasteiger partial charge in [-0.1, -0.05) is 28.1 Å². The largest absolute Gasteiger partial charge is 0.327 e. The standard InChI is InChI=1S/C17H12BrIN6/c1-25-14-6-5-11(18)8-13(14)15-16(25)21-17(24-22-15)23-20-9-10-3-2-4-12(19)7-10/h2-9H,1H3,(H,21,23,24)/b20-9+. The van der Waals surface area contributed by atoms with Gasteiger partial charge >= 0.3 is 0 Å². The number of hydrazone groups is 1. The average molecular weight is 507 g/mol. The minimum Gasteiger partial charge on any atom is -0.327 e. The van der Waals surface area contributed by atoms with Crippen molar-refractivity contribution in [1.29, 1.82) is 0 Å². The lowest BCUT2D eigenvalue weighted by molar-refractivity contribution is 0.949. The zero-order valence-electron chi connectivity index (χ0n) is 13.1. The van der Waals surface area contributed by atoms with Crippen molar-refractivity contribution in [3.8, 4) is 0 Å². The van der Waals surface area contributed by atoms with Crippen LogP contribution in [0.15, 0.2) is 52.0 Å². The molecule has 0 aliphatic carbocycles. The molecule has 4 rings (SSSR count). The van der Waals surface area contributed by atoms with Crippen LogP contribution in [0.4, 0.5) is 5.95 Å². The molecule has 0 fully saturated rings. The number of anilines is 1. The van der Waals surface area contributed by atoms with Crippen LogP contribution in [-0.2, 0) is 7.05 Å². The number of nitrogens with zero attached hydrogens (tertiary/aromatic N) is 5. The molecule has 25 heavy (non-hydrogen) atoms. The van der Waals surface area contributed by atoms with Crippen molar-refractivity contribution in [1.82, 2.24) is 19.7 Å². The molecule has 0 spiro atoms. The predicted octanol–water partition coefficient (Wildman–Crippen LogP) is 4.33. The second-order valence-corrected chi connectivity index (χ2v) is 7.61. The second kappa shape index (κ2) is 6.68. The summed E-state index contributed by atoms with van der Waals surface area (Å²) in [5.41, 5.74) is 6.43. The molecule has 2 heterocycles. The molecule has 2 aromatic heterocycles. The molecule has 1 N–H and O–H groups in total. The number of rotatable bonds is 3. The second-order valence-electron chi connectivity index (χ2n) is 5.45. The molecule has 0 saturated carbocycles. The number of fused-ring (bicyclic) bond motifs is 3. The number of aromatic nitrogens is 4. The Labute approximate surface area is 165 Å². The summed E-state index contributed by atoms with van der Waals surface area (Å²) >= 11 is 5.76. The SMILES string of the molecule is Cn1c2ccc(Br)cc2c2nnc(N/N=C/c3cccc(I)c3)nc21. The lowest BCUT2D eigenvalue weighted by Crippen LogP contribution is -2.00. The predicted molar refractivity (Wildman–Crippen MR) is 112 cm³/mol. The first-order chi connectivity index (χ1) is 12.1. The van der Waals surface area contributed by atoms with Crippen molar-refractivity contribution >= 4 is 72.8 Å². The Balaban J connectivity index is 1.67. The van der Waals surface area contributed by atoms with E-state index < -0.39 is 0 Å². The van der Waals surface area contributed by atoms with Gasteiger partial charge in [-0.2, -0.15) is 10.1 Å². The van der Waals surface area contributed by atoms with E-state index in [9.17, 15) is 0 Å². The Morgan fingerprint density at radius 1 is 1.20 bits per heavy atom. The van der Waals surface area contributed by atoms with Crippen LogP contribution in [0.2, 0.25) is 0 Å².